The Morgan fingerprint density at radius 3 is 2.32 bits per heavy atom. The number of methoxy groups -OCH3 is 2. The summed E-state index contributed by atoms with van der Waals surface area (Å²) in [7, 11) is 2.53. The summed E-state index contributed by atoms with van der Waals surface area (Å²) in [5.74, 6) is -0.732. The van der Waals surface area contributed by atoms with Crippen molar-refractivity contribution in [3.05, 3.63) is 35.9 Å². The van der Waals surface area contributed by atoms with Crippen LogP contribution < -0.4 is 10.6 Å². The number of carbonyl (C=O) groups is 3. The maximum Gasteiger partial charge on any atom is 0.328 e. The van der Waals surface area contributed by atoms with E-state index in [9.17, 15) is 19.5 Å². The molecular weight excluding hydrogens is 400 g/mol. The van der Waals surface area contributed by atoms with Gasteiger partial charge in [0.05, 0.1) is 32.8 Å². The van der Waals surface area contributed by atoms with Crippen molar-refractivity contribution in [3.63, 3.8) is 0 Å². The van der Waals surface area contributed by atoms with Gasteiger partial charge in [0.15, 0.2) is 0 Å². The zero-order valence-electron chi connectivity index (χ0n) is 18.3. The highest BCUT2D eigenvalue weighted by Gasteiger charge is 2.29. The van der Waals surface area contributed by atoms with Crippen LogP contribution in [0.5, 0.6) is 0 Å². The minimum Gasteiger partial charge on any atom is -0.469 e. The van der Waals surface area contributed by atoms with Crippen molar-refractivity contribution in [2.24, 2.45) is 5.92 Å². The molecule has 0 spiro atoms. The minimum atomic E-state index is -1.08. The molecule has 31 heavy (non-hydrogen) atoms. The van der Waals surface area contributed by atoms with Crippen LogP contribution in [0.15, 0.2) is 30.3 Å². The Kier molecular flexibility index (Phi) is 10.3. The van der Waals surface area contributed by atoms with Crippen molar-refractivity contribution in [2.75, 3.05) is 14.2 Å². The third-order valence-electron chi connectivity index (χ3n) is 5.77. The first kappa shape index (κ1) is 24.7. The lowest BCUT2D eigenvalue weighted by Crippen LogP contribution is -2.53. The van der Waals surface area contributed by atoms with Crippen molar-refractivity contribution in [1.29, 1.82) is 0 Å². The van der Waals surface area contributed by atoms with Crippen LogP contribution in [0.2, 0.25) is 0 Å². The van der Waals surface area contributed by atoms with Gasteiger partial charge in [0.25, 0.3) is 0 Å². The molecule has 0 unspecified atom stereocenters. The van der Waals surface area contributed by atoms with Gasteiger partial charge in [-0.2, -0.15) is 0 Å². The van der Waals surface area contributed by atoms with Crippen LogP contribution in [-0.4, -0.2) is 55.5 Å². The molecule has 1 fully saturated rings. The molecule has 1 aliphatic rings. The lowest BCUT2D eigenvalue weighted by molar-refractivity contribution is -0.143. The first-order valence-electron chi connectivity index (χ1n) is 10.9. The summed E-state index contributed by atoms with van der Waals surface area (Å²) in [6.45, 7) is 0. The van der Waals surface area contributed by atoms with Crippen LogP contribution in [0.4, 0.5) is 4.79 Å². The van der Waals surface area contributed by atoms with E-state index in [-0.39, 0.29) is 12.8 Å². The topological polar surface area (TPSA) is 114 Å². The number of hydrogen-bond donors (Lipinski definition) is 3. The Morgan fingerprint density at radius 2 is 1.71 bits per heavy atom. The lowest BCUT2D eigenvalue weighted by Gasteiger charge is -2.30. The number of rotatable bonds is 10. The van der Waals surface area contributed by atoms with E-state index in [4.69, 9.17) is 4.74 Å². The summed E-state index contributed by atoms with van der Waals surface area (Å²) in [6, 6.07) is 7.22. The SMILES string of the molecule is COC(=O)C[C@H](O)[C@H](CC1CCCCC1)NC(=O)N[C@@H](Cc1ccccc1)C(=O)OC. The van der Waals surface area contributed by atoms with Gasteiger partial charge in [0.1, 0.15) is 6.04 Å². The standard InChI is InChI=1S/C23H34N2O6/c1-30-21(27)15-20(26)18(13-16-9-5-3-6-10-16)24-23(29)25-19(22(28)31-2)14-17-11-7-4-8-12-17/h4,7-8,11-12,16,18-20,26H,3,5-6,9-10,13-15H2,1-2H3,(H2,24,25,29)/t18-,19-,20-/m0/s1. The predicted molar refractivity (Wildman–Crippen MR) is 115 cm³/mol. The number of ether oxygens (including phenoxy) is 2. The van der Waals surface area contributed by atoms with Gasteiger partial charge < -0.3 is 25.2 Å². The fourth-order valence-electron chi connectivity index (χ4n) is 4.04. The molecule has 8 nitrogen and oxygen atoms in total. The van der Waals surface area contributed by atoms with Gasteiger partial charge in [0, 0.05) is 6.42 Å². The second-order valence-corrected chi connectivity index (χ2v) is 8.08. The summed E-state index contributed by atoms with van der Waals surface area (Å²) in [5.41, 5.74) is 0.877. The highest BCUT2D eigenvalue weighted by Crippen LogP contribution is 2.28. The second-order valence-electron chi connectivity index (χ2n) is 8.08. The van der Waals surface area contributed by atoms with Crippen LogP contribution in [0.1, 0.15) is 50.5 Å². The van der Waals surface area contributed by atoms with Crippen LogP contribution in [0, 0.1) is 5.92 Å². The molecule has 0 aliphatic heterocycles. The predicted octanol–water partition coefficient (Wildman–Crippen LogP) is 2.33. The number of nitrogens with one attached hydrogen (secondary N) is 2. The Balaban J connectivity index is 2.04. The van der Waals surface area contributed by atoms with Crippen LogP contribution >= 0.6 is 0 Å². The van der Waals surface area contributed by atoms with Crippen LogP contribution in [0.25, 0.3) is 0 Å². The smallest absolute Gasteiger partial charge is 0.328 e. The third-order valence-corrected chi connectivity index (χ3v) is 5.77. The molecule has 3 N–H and O–H groups in total. The van der Waals surface area contributed by atoms with E-state index in [1.807, 2.05) is 30.3 Å². The van der Waals surface area contributed by atoms with E-state index in [0.717, 1.165) is 31.2 Å². The fourth-order valence-corrected chi connectivity index (χ4v) is 4.04. The van der Waals surface area contributed by atoms with Crippen molar-refractivity contribution >= 4 is 18.0 Å². The molecule has 3 atom stereocenters. The van der Waals surface area contributed by atoms with E-state index in [1.54, 1.807) is 0 Å². The molecule has 0 radical (unpaired) electrons. The summed E-state index contributed by atoms with van der Waals surface area (Å²) in [4.78, 5) is 36.6. The Morgan fingerprint density at radius 1 is 1.03 bits per heavy atom. The zero-order chi connectivity index (χ0) is 22.6. The Bertz CT molecular complexity index is 705. The first-order chi connectivity index (χ1) is 14.9. The molecule has 8 heteroatoms. The van der Waals surface area contributed by atoms with Gasteiger partial charge in [-0.1, -0.05) is 62.4 Å². The van der Waals surface area contributed by atoms with Gasteiger partial charge in [0.2, 0.25) is 0 Å². The lowest BCUT2D eigenvalue weighted by atomic mass is 9.83. The Labute approximate surface area is 183 Å². The van der Waals surface area contributed by atoms with Gasteiger partial charge >= 0.3 is 18.0 Å². The maximum atomic E-state index is 12.7. The van der Waals surface area contributed by atoms with Gasteiger partial charge in [-0.25, -0.2) is 9.59 Å². The largest absolute Gasteiger partial charge is 0.469 e. The van der Waals surface area contributed by atoms with E-state index in [2.05, 4.69) is 15.4 Å². The number of amides is 2. The number of urea groups is 1. The molecular formula is C23H34N2O6. The number of carbonyl (C=O) groups excluding carboxylic acids is 3. The van der Waals surface area contributed by atoms with Crippen LogP contribution in [0.3, 0.4) is 0 Å². The fraction of sp³-hybridized carbons (Fsp3) is 0.609. The quantitative estimate of drug-likeness (QED) is 0.487. The first-order valence-corrected chi connectivity index (χ1v) is 10.9. The molecule has 1 aromatic carbocycles. The molecule has 0 saturated heterocycles. The minimum absolute atomic E-state index is 0.210. The zero-order valence-corrected chi connectivity index (χ0v) is 18.3. The maximum absolute atomic E-state index is 12.7. The van der Waals surface area contributed by atoms with Crippen molar-refractivity contribution < 1.29 is 29.0 Å². The average Bonchev–Trinajstić information content (AvgIpc) is 2.78. The highest BCUT2D eigenvalue weighted by atomic mass is 16.5. The normalized spacial score (nSPS) is 17.1. The monoisotopic (exact) mass is 434 g/mol. The van der Waals surface area contributed by atoms with Gasteiger partial charge in [-0.3, -0.25) is 4.79 Å². The summed E-state index contributed by atoms with van der Waals surface area (Å²) in [6.07, 6.45) is 5.06. The second kappa shape index (κ2) is 12.9. The molecule has 0 heterocycles. The van der Waals surface area contributed by atoms with E-state index in [0.29, 0.717) is 12.3 Å². The summed E-state index contributed by atoms with van der Waals surface area (Å²) < 4.78 is 9.49. The molecule has 0 aromatic heterocycles. The molecule has 1 aromatic rings. The summed E-state index contributed by atoms with van der Waals surface area (Å²) in [5, 5.41) is 16.0. The number of hydrogen-bond acceptors (Lipinski definition) is 6. The summed E-state index contributed by atoms with van der Waals surface area (Å²) >= 11 is 0. The molecule has 172 valence electrons. The van der Waals surface area contributed by atoms with Crippen LogP contribution in [-0.2, 0) is 25.5 Å². The number of aliphatic hydroxyl groups excluding tert-OH is 1. The van der Waals surface area contributed by atoms with Gasteiger partial charge in [-0.05, 0) is 17.9 Å². The van der Waals surface area contributed by atoms with E-state index < -0.39 is 36.2 Å². The average molecular weight is 435 g/mol. The Hall–Kier alpha value is -2.61. The molecule has 2 rings (SSSR count). The molecule has 2 amide bonds. The van der Waals surface area contributed by atoms with E-state index >= 15 is 0 Å². The third kappa shape index (κ3) is 8.57. The van der Waals surface area contributed by atoms with Crippen molar-refractivity contribution in [1.82, 2.24) is 10.6 Å². The molecule has 1 aliphatic carbocycles. The van der Waals surface area contributed by atoms with E-state index in [1.165, 1.54) is 20.6 Å². The number of esters is 2. The highest BCUT2D eigenvalue weighted by molar-refractivity contribution is 5.84. The van der Waals surface area contributed by atoms with Crippen molar-refractivity contribution in [2.45, 2.75) is 69.6 Å². The molecule has 1 saturated carbocycles. The number of benzene rings is 1. The van der Waals surface area contributed by atoms with Crippen molar-refractivity contribution in [3.8, 4) is 0 Å². The van der Waals surface area contributed by atoms with Gasteiger partial charge in [-0.15, -0.1) is 0 Å². The number of aliphatic hydroxyl groups is 1. The molecule has 0 bridgehead atoms.